The molecule has 0 unspecified atom stereocenters. The predicted octanol–water partition coefficient (Wildman–Crippen LogP) is 3.10. The molecule has 0 aliphatic heterocycles. The Labute approximate surface area is 132 Å². The van der Waals surface area contributed by atoms with E-state index < -0.39 is 18.7 Å². The smallest absolute Gasteiger partial charge is 0.404 e. The SMILES string of the molecule is NC(=NCc1nccn1C(F)F)Nc1ccccc1OC(F)(F)F. The van der Waals surface area contributed by atoms with E-state index in [-0.39, 0.29) is 24.0 Å². The first-order chi connectivity index (χ1) is 11.3. The van der Waals surface area contributed by atoms with E-state index in [4.69, 9.17) is 5.73 Å². The maximum absolute atomic E-state index is 12.6. The number of aliphatic imine (C=N–C) groups is 1. The Bertz CT molecular complexity index is 713. The highest BCUT2D eigenvalue weighted by Gasteiger charge is 2.32. The summed E-state index contributed by atoms with van der Waals surface area (Å²) in [6.45, 7) is -3.06. The quantitative estimate of drug-likeness (QED) is 0.494. The number of halogens is 5. The number of rotatable bonds is 5. The first kappa shape index (κ1) is 17.5. The molecule has 24 heavy (non-hydrogen) atoms. The monoisotopic (exact) mass is 349 g/mol. The van der Waals surface area contributed by atoms with Crippen molar-refractivity contribution in [3.05, 3.63) is 42.5 Å². The molecule has 1 heterocycles. The van der Waals surface area contributed by atoms with E-state index >= 15 is 0 Å². The first-order valence-corrected chi connectivity index (χ1v) is 6.48. The second-order valence-electron chi connectivity index (χ2n) is 4.40. The van der Waals surface area contributed by atoms with Gasteiger partial charge in [0.1, 0.15) is 12.4 Å². The highest BCUT2D eigenvalue weighted by atomic mass is 19.4. The molecule has 130 valence electrons. The van der Waals surface area contributed by atoms with Crippen molar-refractivity contribution < 1.29 is 26.7 Å². The van der Waals surface area contributed by atoms with Gasteiger partial charge in [-0.15, -0.1) is 13.2 Å². The van der Waals surface area contributed by atoms with Crippen LogP contribution in [0.4, 0.5) is 27.6 Å². The van der Waals surface area contributed by atoms with Crippen molar-refractivity contribution in [1.29, 1.82) is 0 Å². The fourth-order valence-electron chi connectivity index (χ4n) is 1.76. The van der Waals surface area contributed by atoms with Gasteiger partial charge in [0.25, 0.3) is 0 Å². The van der Waals surface area contributed by atoms with Crippen LogP contribution >= 0.6 is 0 Å². The van der Waals surface area contributed by atoms with Crippen molar-refractivity contribution in [3.63, 3.8) is 0 Å². The summed E-state index contributed by atoms with van der Waals surface area (Å²) in [5.74, 6) is -0.830. The Balaban J connectivity index is 2.09. The lowest BCUT2D eigenvalue weighted by atomic mass is 10.3. The van der Waals surface area contributed by atoms with Gasteiger partial charge in [-0.3, -0.25) is 4.57 Å². The minimum Gasteiger partial charge on any atom is -0.404 e. The molecule has 1 aromatic heterocycles. The van der Waals surface area contributed by atoms with Crippen LogP contribution in [0.15, 0.2) is 41.7 Å². The second-order valence-corrected chi connectivity index (χ2v) is 4.40. The van der Waals surface area contributed by atoms with Gasteiger partial charge in [0.05, 0.1) is 5.69 Å². The molecule has 3 N–H and O–H groups in total. The summed E-state index contributed by atoms with van der Waals surface area (Å²) in [6.07, 6.45) is -2.62. The van der Waals surface area contributed by atoms with Crippen molar-refractivity contribution in [2.24, 2.45) is 10.7 Å². The van der Waals surface area contributed by atoms with Gasteiger partial charge in [0, 0.05) is 12.4 Å². The van der Waals surface area contributed by atoms with Crippen LogP contribution in [0.3, 0.4) is 0 Å². The van der Waals surface area contributed by atoms with Crippen LogP contribution < -0.4 is 15.8 Å². The van der Waals surface area contributed by atoms with Gasteiger partial charge in [0.15, 0.2) is 11.7 Å². The number of ether oxygens (including phenoxy) is 1. The number of nitrogens with two attached hydrogens (primary N) is 1. The molecule has 1 aromatic carbocycles. The molecule has 6 nitrogen and oxygen atoms in total. The largest absolute Gasteiger partial charge is 0.573 e. The zero-order valence-electron chi connectivity index (χ0n) is 12.0. The third-order valence-corrected chi connectivity index (χ3v) is 2.73. The van der Waals surface area contributed by atoms with Crippen LogP contribution in [0.2, 0.25) is 0 Å². The summed E-state index contributed by atoms with van der Waals surface area (Å²) in [7, 11) is 0. The number of guanidine groups is 1. The Morgan fingerprint density at radius 1 is 1.33 bits per heavy atom. The summed E-state index contributed by atoms with van der Waals surface area (Å²) in [5.41, 5.74) is 5.48. The number of alkyl halides is 5. The van der Waals surface area contributed by atoms with E-state index in [1.165, 1.54) is 24.4 Å². The minimum absolute atomic E-state index is 0.0467. The van der Waals surface area contributed by atoms with Gasteiger partial charge in [-0.1, -0.05) is 12.1 Å². The standard InChI is InChI=1S/C13H12F5N5O/c14-11(15)23-6-5-20-10(23)7-21-12(19)22-8-3-1-2-4-9(8)24-13(16,17)18/h1-6,11H,7H2,(H3,19,21,22). The van der Waals surface area contributed by atoms with E-state index in [1.807, 2.05) is 0 Å². The van der Waals surface area contributed by atoms with E-state index in [0.29, 0.717) is 4.57 Å². The van der Waals surface area contributed by atoms with Crippen LogP contribution in [0.25, 0.3) is 0 Å². The summed E-state index contributed by atoms with van der Waals surface area (Å²) in [6, 6.07) is 5.19. The second kappa shape index (κ2) is 7.15. The highest BCUT2D eigenvalue weighted by Crippen LogP contribution is 2.29. The lowest BCUT2D eigenvalue weighted by Crippen LogP contribution is -2.24. The Morgan fingerprint density at radius 3 is 2.71 bits per heavy atom. The lowest BCUT2D eigenvalue weighted by molar-refractivity contribution is -0.274. The van der Waals surface area contributed by atoms with Crippen LogP contribution in [0.5, 0.6) is 5.75 Å². The maximum Gasteiger partial charge on any atom is 0.573 e. The molecule has 0 fully saturated rings. The van der Waals surface area contributed by atoms with Gasteiger partial charge >= 0.3 is 12.9 Å². The van der Waals surface area contributed by atoms with Crippen molar-refractivity contribution in [2.75, 3.05) is 5.32 Å². The summed E-state index contributed by atoms with van der Waals surface area (Å²) < 4.78 is 66.7. The highest BCUT2D eigenvalue weighted by molar-refractivity contribution is 5.93. The molecule has 0 saturated carbocycles. The van der Waals surface area contributed by atoms with Crippen molar-refractivity contribution in [3.8, 4) is 5.75 Å². The van der Waals surface area contributed by atoms with Gasteiger partial charge < -0.3 is 15.8 Å². The van der Waals surface area contributed by atoms with Crippen LogP contribution in [-0.2, 0) is 6.54 Å². The first-order valence-electron chi connectivity index (χ1n) is 6.48. The fraction of sp³-hybridized carbons (Fsp3) is 0.231. The normalized spacial score (nSPS) is 12.5. The molecule has 0 bridgehead atoms. The third-order valence-electron chi connectivity index (χ3n) is 2.73. The van der Waals surface area contributed by atoms with Gasteiger partial charge in [-0.05, 0) is 12.1 Å². The Hall–Kier alpha value is -2.85. The number of para-hydroxylation sites is 2. The van der Waals surface area contributed by atoms with Crippen LogP contribution in [0, 0.1) is 0 Å². The van der Waals surface area contributed by atoms with Crippen molar-refractivity contribution in [1.82, 2.24) is 9.55 Å². The molecule has 0 spiro atoms. The fourth-order valence-corrected chi connectivity index (χ4v) is 1.76. The molecule has 0 aliphatic rings. The van der Waals surface area contributed by atoms with E-state index in [0.717, 1.165) is 12.3 Å². The number of hydrogen-bond acceptors (Lipinski definition) is 3. The Kier molecular flexibility index (Phi) is 5.21. The van der Waals surface area contributed by atoms with Gasteiger partial charge in [-0.25, -0.2) is 9.98 Å². The molecule has 2 aromatic rings. The zero-order valence-corrected chi connectivity index (χ0v) is 12.0. The molecule has 0 aliphatic carbocycles. The third kappa shape index (κ3) is 4.83. The van der Waals surface area contributed by atoms with Crippen LogP contribution in [-0.4, -0.2) is 21.9 Å². The number of imidazole rings is 1. The maximum atomic E-state index is 12.6. The minimum atomic E-state index is -4.87. The van der Waals surface area contributed by atoms with E-state index in [2.05, 4.69) is 20.0 Å². The molecular formula is C13H12F5N5O. The molecule has 11 heteroatoms. The molecule has 0 saturated heterocycles. The number of nitrogens with one attached hydrogen (secondary N) is 1. The van der Waals surface area contributed by atoms with E-state index in [1.54, 1.807) is 0 Å². The average molecular weight is 349 g/mol. The lowest BCUT2D eigenvalue weighted by Gasteiger charge is -2.14. The average Bonchev–Trinajstić information content (AvgIpc) is 2.94. The summed E-state index contributed by atoms with van der Waals surface area (Å²) >= 11 is 0. The Morgan fingerprint density at radius 2 is 2.04 bits per heavy atom. The molecular weight excluding hydrogens is 337 g/mol. The number of anilines is 1. The van der Waals surface area contributed by atoms with Gasteiger partial charge in [-0.2, -0.15) is 8.78 Å². The number of hydrogen-bond donors (Lipinski definition) is 2. The summed E-state index contributed by atoms with van der Waals surface area (Å²) in [4.78, 5) is 7.47. The van der Waals surface area contributed by atoms with E-state index in [9.17, 15) is 22.0 Å². The topological polar surface area (TPSA) is 77.5 Å². The van der Waals surface area contributed by atoms with Crippen molar-refractivity contribution in [2.45, 2.75) is 19.5 Å². The molecule has 0 atom stereocenters. The van der Waals surface area contributed by atoms with Crippen LogP contribution in [0.1, 0.15) is 12.4 Å². The number of aromatic nitrogens is 2. The molecule has 2 rings (SSSR count). The number of nitrogens with zero attached hydrogens (tertiary/aromatic N) is 3. The summed E-state index contributed by atoms with van der Waals surface area (Å²) in [5, 5.41) is 2.42. The molecule has 0 amide bonds. The van der Waals surface area contributed by atoms with Crippen molar-refractivity contribution >= 4 is 11.6 Å². The van der Waals surface area contributed by atoms with Gasteiger partial charge in [0.2, 0.25) is 0 Å². The predicted molar refractivity (Wildman–Crippen MR) is 75.6 cm³/mol. The zero-order chi connectivity index (χ0) is 17.7. The molecule has 0 radical (unpaired) electrons. The number of benzene rings is 1.